The molecule has 3 heteroatoms. The van der Waals surface area contributed by atoms with E-state index in [1.54, 1.807) is 12.1 Å². The van der Waals surface area contributed by atoms with Gasteiger partial charge in [0.2, 0.25) is 0 Å². The van der Waals surface area contributed by atoms with Crippen molar-refractivity contribution in [1.29, 1.82) is 0 Å². The number of nitrogens with one attached hydrogen (secondary N) is 1. The number of benzene rings is 1. The zero-order chi connectivity index (χ0) is 12.3. The zero-order valence-corrected chi connectivity index (χ0v) is 10.4. The first-order valence-corrected chi connectivity index (χ1v) is 6.29. The highest BCUT2D eigenvalue weighted by Crippen LogP contribution is 2.23. The van der Waals surface area contributed by atoms with Gasteiger partial charge in [0.05, 0.1) is 12.2 Å². The van der Waals surface area contributed by atoms with Gasteiger partial charge < -0.3 is 10.1 Å². The van der Waals surface area contributed by atoms with Gasteiger partial charge in [0, 0.05) is 12.6 Å². The van der Waals surface area contributed by atoms with Crippen molar-refractivity contribution in [2.24, 2.45) is 0 Å². The van der Waals surface area contributed by atoms with E-state index in [1.165, 1.54) is 18.9 Å². The third-order valence-electron chi connectivity index (χ3n) is 2.83. The summed E-state index contributed by atoms with van der Waals surface area (Å²) < 4.78 is 19.0. The Labute approximate surface area is 102 Å². The fraction of sp³-hybridized carbons (Fsp3) is 0.571. The molecular weight excluding hydrogens is 217 g/mol. The van der Waals surface area contributed by atoms with Gasteiger partial charge in [-0.05, 0) is 44.4 Å². The van der Waals surface area contributed by atoms with Crippen LogP contribution in [-0.4, -0.2) is 18.7 Å². The third kappa shape index (κ3) is 4.10. The summed E-state index contributed by atoms with van der Waals surface area (Å²) in [5.74, 6) is -0.203. The van der Waals surface area contributed by atoms with E-state index < -0.39 is 0 Å². The normalized spacial score (nSPS) is 17.4. The molecule has 1 atom stereocenters. The Morgan fingerprint density at radius 3 is 2.76 bits per heavy atom. The average molecular weight is 237 g/mol. The van der Waals surface area contributed by atoms with Crippen molar-refractivity contribution in [3.05, 3.63) is 35.6 Å². The number of hydrogen-bond acceptors (Lipinski definition) is 2. The van der Waals surface area contributed by atoms with Crippen molar-refractivity contribution in [3.63, 3.8) is 0 Å². The molecule has 1 fully saturated rings. The minimum Gasteiger partial charge on any atom is -0.370 e. The van der Waals surface area contributed by atoms with E-state index >= 15 is 0 Å². The largest absolute Gasteiger partial charge is 0.370 e. The Bertz CT molecular complexity index is 363. The Morgan fingerprint density at radius 1 is 1.41 bits per heavy atom. The second-order valence-corrected chi connectivity index (χ2v) is 4.91. The lowest BCUT2D eigenvalue weighted by Crippen LogP contribution is -2.26. The van der Waals surface area contributed by atoms with Gasteiger partial charge >= 0.3 is 0 Å². The molecule has 1 aromatic rings. The molecule has 0 radical (unpaired) electrons. The van der Waals surface area contributed by atoms with Crippen molar-refractivity contribution >= 4 is 0 Å². The summed E-state index contributed by atoms with van der Waals surface area (Å²) in [5, 5.41) is 3.43. The van der Waals surface area contributed by atoms with E-state index in [0.717, 1.165) is 12.1 Å². The van der Waals surface area contributed by atoms with E-state index in [0.29, 0.717) is 6.04 Å². The van der Waals surface area contributed by atoms with Crippen LogP contribution >= 0.6 is 0 Å². The Kier molecular flexibility index (Phi) is 4.13. The van der Waals surface area contributed by atoms with E-state index in [-0.39, 0.29) is 18.0 Å². The highest BCUT2D eigenvalue weighted by molar-refractivity contribution is 5.19. The minimum absolute atomic E-state index is 0.0636. The third-order valence-corrected chi connectivity index (χ3v) is 2.83. The fourth-order valence-electron chi connectivity index (χ4n) is 1.84. The van der Waals surface area contributed by atoms with Crippen molar-refractivity contribution in [1.82, 2.24) is 5.32 Å². The Morgan fingerprint density at radius 2 is 2.18 bits per heavy atom. The van der Waals surface area contributed by atoms with E-state index in [2.05, 4.69) is 5.32 Å². The van der Waals surface area contributed by atoms with Crippen LogP contribution in [0.2, 0.25) is 0 Å². The molecule has 0 heterocycles. The molecule has 0 aliphatic heterocycles. The summed E-state index contributed by atoms with van der Waals surface area (Å²) in [4.78, 5) is 0. The molecule has 1 N–H and O–H groups in total. The molecule has 0 saturated heterocycles. The van der Waals surface area contributed by atoms with Gasteiger partial charge in [-0.15, -0.1) is 0 Å². The molecule has 94 valence electrons. The Hall–Kier alpha value is -0.930. The summed E-state index contributed by atoms with van der Waals surface area (Å²) in [6, 6.07) is 7.32. The average Bonchev–Trinajstić information content (AvgIpc) is 3.07. The monoisotopic (exact) mass is 237 g/mol. The van der Waals surface area contributed by atoms with Gasteiger partial charge in [-0.3, -0.25) is 0 Å². The van der Waals surface area contributed by atoms with Crippen molar-refractivity contribution in [3.8, 4) is 0 Å². The van der Waals surface area contributed by atoms with Gasteiger partial charge in [-0.1, -0.05) is 12.1 Å². The molecule has 0 amide bonds. The van der Waals surface area contributed by atoms with Crippen LogP contribution in [0, 0.1) is 5.82 Å². The molecular formula is C14H20FNO. The molecule has 1 aromatic carbocycles. The van der Waals surface area contributed by atoms with Gasteiger partial charge in [-0.2, -0.15) is 0 Å². The van der Waals surface area contributed by atoms with E-state index in [1.807, 2.05) is 19.9 Å². The number of hydrogen-bond donors (Lipinski definition) is 1. The zero-order valence-electron chi connectivity index (χ0n) is 10.4. The molecule has 0 bridgehead atoms. The first-order valence-electron chi connectivity index (χ1n) is 6.29. The molecule has 17 heavy (non-hydrogen) atoms. The topological polar surface area (TPSA) is 21.3 Å². The van der Waals surface area contributed by atoms with Gasteiger partial charge in [0.15, 0.2) is 0 Å². The van der Waals surface area contributed by atoms with Gasteiger partial charge in [-0.25, -0.2) is 4.39 Å². The summed E-state index contributed by atoms with van der Waals surface area (Å²) in [7, 11) is 0. The summed E-state index contributed by atoms with van der Waals surface area (Å²) in [6.45, 7) is 4.76. The molecule has 2 rings (SSSR count). The second kappa shape index (κ2) is 5.61. The summed E-state index contributed by atoms with van der Waals surface area (Å²) in [5.41, 5.74) is 0.909. The lowest BCUT2D eigenvalue weighted by Gasteiger charge is -2.21. The second-order valence-electron chi connectivity index (χ2n) is 4.91. The van der Waals surface area contributed by atoms with E-state index in [4.69, 9.17) is 4.74 Å². The Balaban J connectivity index is 2.01. The highest BCUT2D eigenvalue weighted by atomic mass is 19.1. The molecule has 2 nitrogen and oxygen atoms in total. The van der Waals surface area contributed by atoms with Crippen LogP contribution < -0.4 is 5.32 Å². The SMILES string of the molecule is CC(C)OC(CNC1CC1)c1cccc(F)c1. The molecule has 1 aliphatic carbocycles. The smallest absolute Gasteiger partial charge is 0.123 e. The lowest BCUT2D eigenvalue weighted by atomic mass is 10.1. The molecule has 0 spiro atoms. The number of rotatable bonds is 6. The van der Waals surface area contributed by atoms with Crippen LogP contribution in [0.25, 0.3) is 0 Å². The molecule has 1 saturated carbocycles. The van der Waals surface area contributed by atoms with Crippen molar-refractivity contribution in [2.45, 2.75) is 44.9 Å². The van der Waals surface area contributed by atoms with Crippen molar-refractivity contribution in [2.75, 3.05) is 6.54 Å². The minimum atomic E-state index is -0.203. The van der Waals surface area contributed by atoms with Crippen LogP contribution in [0.15, 0.2) is 24.3 Å². The maximum absolute atomic E-state index is 13.2. The van der Waals surface area contributed by atoms with Crippen molar-refractivity contribution < 1.29 is 9.13 Å². The fourth-order valence-corrected chi connectivity index (χ4v) is 1.84. The van der Waals surface area contributed by atoms with Crippen LogP contribution in [0.1, 0.15) is 38.4 Å². The molecule has 0 aromatic heterocycles. The van der Waals surface area contributed by atoms with Crippen LogP contribution in [0.3, 0.4) is 0 Å². The van der Waals surface area contributed by atoms with Crippen LogP contribution in [0.4, 0.5) is 4.39 Å². The van der Waals surface area contributed by atoms with Crippen LogP contribution in [0.5, 0.6) is 0 Å². The van der Waals surface area contributed by atoms with Gasteiger partial charge in [0.25, 0.3) is 0 Å². The first kappa shape index (κ1) is 12.5. The molecule has 1 aliphatic rings. The predicted octanol–water partition coefficient (Wildman–Crippen LogP) is 3.04. The predicted molar refractivity (Wildman–Crippen MR) is 66.4 cm³/mol. The quantitative estimate of drug-likeness (QED) is 0.821. The maximum Gasteiger partial charge on any atom is 0.123 e. The maximum atomic E-state index is 13.2. The lowest BCUT2D eigenvalue weighted by molar-refractivity contribution is 0.00677. The summed E-state index contributed by atoms with van der Waals surface area (Å²) in [6.07, 6.45) is 2.57. The summed E-state index contributed by atoms with van der Waals surface area (Å²) >= 11 is 0. The standard InChI is InChI=1S/C14H20FNO/c1-10(2)17-14(9-16-13-6-7-13)11-4-3-5-12(15)8-11/h3-5,8,10,13-14,16H,6-7,9H2,1-2H3. The van der Waals surface area contributed by atoms with Gasteiger partial charge in [0.1, 0.15) is 5.82 Å². The first-order chi connectivity index (χ1) is 8.15. The number of halogens is 1. The highest BCUT2D eigenvalue weighted by Gasteiger charge is 2.23. The van der Waals surface area contributed by atoms with Crippen LogP contribution in [-0.2, 0) is 4.74 Å². The molecule has 1 unspecified atom stereocenters. The number of ether oxygens (including phenoxy) is 1. The van der Waals surface area contributed by atoms with E-state index in [9.17, 15) is 4.39 Å².